The van der Waals surface area contributed by atoms with E-state index in [1.165, 1.54) is 12.1 Å². The smallest absolute Gasteiger partial charge is 0.297 e. The van der Waals surface area contributed by atoms with Gasteiger partial charge in [-0.3, -0.25) is 4.18 Å². The minimum atomic E-state index is -4.01. The lowest BCUT2D eigenvalue weighted by Gasteiger charge is -2.26. The number of benzene rings is 3. The van der Waals surface area contributed by atoms with Gasteiger partial charge in [0.2, 0.25) is 0 Å². The highest BCUT2D eigenvalue weighted by Gasteiger charge is 2.28. The number of nitrogens with zero attached hydrogens (tertiary/aromatic N) is 1. The lowest BCUT2D eigenvalue weighted by molar-refractivity contribution is 0.0785. The van der Waals surface area contributed by atoms with Crippen molar-refractivity contribution in [1.82, 2.24) is 4.57 Å². The molecule has 0 saturated heterocycles. The predicted octanol–water partition coefficient (Wildman–Crippen LogP) is 4.96. The number of halogens is 1. The molecule has 0 saturated carbocycles. The van der Waals surface area contributed by atoms with E-state index < -0.39 is 28.9 Å². The molecular formula is C24H22ClNO4S. The molecule has 4 rings (SSSR count). The van der Waals surface area contributed by atoms with Gasteiger partial charge in [-0.05, 0) is 48.2 Å². The van der Waals surface area contributed by atoms with Gasteiger partial charge in [0.15, 0.2) is 0 Å². The van der Waals surface area contributed by atoms with Crippen LogP contribution in [0.3, 0.4) is 0 Å². The van der Waals surface area contributed by atoms with Crippen molar-refractivity contribution in [2.45, 2.75) is 24.0 Å². The third-order valence-electron chi connectivity index (χ3n) is 5.22. The van der Waals surface area contributed by atoms with Gasteiger partial charge in [0.1, 0.15) is 6.10 Å². The number of hydrogen-bond acceptors (Lipinski definition) is 4. The Balaban J connectivity index is 1.67. The van der Waals surface area contributed by atoms with E-state index in [1.54, 1.807) is 24.3 Å². The van der Waals surface area contributed by atoms with Crippen molar-refractivity contribution in [1.29, 1.82) is 0 Å². The van der Waals surface area contributed by atoms with Crippen molar-refractivity contribution in [3.05, 3.63) is 101 Å². The van der Waals surface area contributed by atoms with E-state index in [2.05, 4.69) is 0 Å². The zero-order chi connectivity index (χ0) is 22.0. The van der Waals surface area contributed by atoms with Gasteiger partial charge in [0, 0.05) is 16.7 Å². The lowest BCUT2D eigenvalue weighted by Crippen LogP contribution is -2.30. The molecule has 1 heterocycles. The van der Waals surface area contributed by atoms with E-state index >= 15 is 0 Å². The summed E-state index contributed by atoms with van der Waals surface area (Å²) in [5, 5.41) is 12.6. The lowest BCUT2D eigenvalue weighted by atomic mass is 10.0. The molecule has 5 nitrogen and oxygen atoms in total. The van der Waals surface area contributed by atoms with Crippen LogP contribution in [-0.4, -0.2) is 30.8 Å². The molecule has 0 fully saturated rings. The molecule has 2 unspecified atom stereocenters. The Labute approximate surface area is 186 Å². The molecule has 0 aliphatic rings. The van der Waals surface area contributed by atoms with Crippen molar-refractivity contribution < 1.29 is 17.7 Å². The van der Waals surface area contributed by atoms with E-state index in [0.717, 1.165) is 16.5 Å². The fourth-order valence-corrected chi connectivity index (χ4v) is 4.80. The van der Waals surface area contributed by atoms with Crippen molar-refractivity contribution >= 4 is 32.6 Å². The van der Waals surface area contributed by atoms with Crippen LogP contribution in [0.15, 0.2) is 90.0 Å². The Bertz CT molecular complexity index is 1300. The second kappa shape index (κ2) is 8.85. The molecule has 160 valence electrons. The van der Waals surface area contributed by atoms with Gasteiger partial charge in [-0.25, -0.2) is 0 Å². The Hall–Kier alpha value is -2.64. The number of fused-ring (bicyclic) bond motifs is 1. The molecule has 4 aromatic rings. The van der Waals surface area contributed by atoms with E-state index in [1.807, 2.05) is 60.2 Å². The summed E-state index contributed by atoms with van der Waals surface area (Å²) in [7, 11) is -4.01. The zero-order valence-corrected chi connectivity index (χ0v) is 18.4. The number of aryl methyl sites for hydroxylation is 1. The van der Waals surface area contributed by atoms with Gasteiger partial charge < -0.3 is 9.67 Å². The minimum Gasteiger partial charge on any atom is -0.388 e. The van der Waals surface area contributed by atoms with E-state index in [0.29, 0.717) is 10.6 Å². The monoisotopic (exact) mass is 455 g/mol. The fourth-order valence-electron chi connectivity index (χ4n) is 3.63. The molecule has 7 heteroatoms. The summed E-state index contributed by atoms with van der Waals surface area (Å²) < 4.78 is 32.3. The number of aliphatic hydroxyl groups excluding tert-OH is 1. The van der Waals surface area contributed by atoms with Crippen molar-refractivity contribution in [3.8, 4) is 0 Å². The minimum absolute atomic E-state index is 0.0472. The third-order valence-corrected chi connectivity index (χ3v) is 6.86. The van der Waals surface area contributed by atoms with Crippen LogP contribution < -0.4 is 0 Å². The highest BCUT2D eigenvalue weighted by Crippen LogP contribution is 2.32. The van der Waals surface area contributed by atoms with Gasteiger partial charge >= 0.3 is 0 Å². The summed E-state index contributed by atoms with van der Waals surface area (Å²) in [5.41, 5.74) is 2.51. The third kappa shape index (κ3) is 4.52. The van der Waals surface area contributed by atoms with E-state index in [4.69, 9.17) is 15.8 Å². The second-order valence-electron chi connectivity index (χ2n) is 7.37. The number of rotatable bonds is 7. The summed E-state index contributed by atoms with van der Waals surface area (Å²) in [6.45, 7) is 1.45. The Morgan fingerprint density at radius 2 is 1.65 bits per heavy atom. The van der Waals surface area contributed by atoms with Crippen LogP contribution in [0.1, 0.15) is 17.2 Å². The van der Waals surface area contributed by atoms with Crippen LogP contribution in [0.25, 0.3) is 10.9 Å². The van der Waals surface area contributed by atoms with Crippen LogP contribution in [0.4, 0.5) is 0 Å². The summed E-state index contributed by atoms with van der Waals surface area (Å²) in [6, 6.07) is 22.6. The summed E-state index contributed by atoms with van der Waals surface area (Å²) in [6.07, 6.45) is 0.687. The summed E-state index contributed by atoms with van der Waals surface area (Å²) in [5.74, 6) is 0. The average molecular weight is 456 g/mol. The van der Waals surface area contributed by atoms with Crippen LogP contribution in [0.2, 0.25) is 5.02 Å². The SMILES string of the molecule is Cc1ccc(S(=O)(=O)OCC(O)C(c2ccccc2Cl)n2ccc3ccccc32)cc1. The maximum atomic E-state index is 12.6. The van der Waals surface area contributed by atoms with E-state index in [9.17, 15) is 13.5 Å². The topological polar surface area (TPSA) is 68.5 Å². The van der Waals surface area contributed by atoms with Crippen molar-refractivity contribution in [3.63, 3.8) is 0 Å². The molecule has 2 atom stereocenters. The van der Waals surface area contributed by atoms with Gasteiger partial charge in [-0.2, -0.15) is 8.42 Å². The molecule has 3 aromatic carbocycles. The summed E-state index contributed by atoms with van der Waals surface area (Å²) in [4.78, 5) is 0.0472. The average Bonchev–Trinajstić information content (AvgIpc) is 3.18. The number of aromatic nitrogens is 1. The zero-order valence-electron chi connectivity index (χ0n) is 16.9. The Morgan fingerprint density at radius 1 is 0.968 bits per heavy atom. The standard InChI is InChI=1S/C24H22ClNO4S/c1-17-10-12-19(13-11-17)31(28,29)30-16-23(27)24(20-7-3-4-8-21(20)25)26-15-14-18-6-2-5-9-22(18)26/h2-15,23-24,27H,16H2,1H3. The predicted molar refractivity (Wildman–Crippen MR) is 122 cm³/mol. The number of para-hydroxylation sites is 1. The first kappa shape index (κ1) is 21.6. The first-order chi connectivity index (χ1) is 14.9. The molecule has 0 radical (unpaired) electrons. The molecule has 0 amide bonds. The van der Waals surface area contributed by atoms with Gasteiger partial charge in [-0.1, -0.05) is 65.7 Å². The number of hydrogen-bond donors (Lipinski definition) is 1. The van der Waals surface area contributed by atoms with Crippen molar-refractivity contribution in [2.75, 3.05) is 6.61 Å². The van der Waals surface area contributed by atoms with Gasteiger partial charge in [0.25, 0.3) is 10.1 Å². The number of aliphatic hydroxyl groups is 1. The molecule has 1 N–H and O–H groups in total. The molecule has 0 bridgehead atoms. The quantitative estimate of drug-likeness (QED) is 0.400. The first-order valence-electron chi connectivity index (χ1n) is 9.81. The largest absolute Gasteiger partial charge is 0.388 e. The fraction of sp³-hybridized carbons (Fsp3) is 0.167. The first-order valence-corrected chi connectivity index (χ1v) is 11.6. The highest BCUT2D eigenvalue weighted by atomic mass is 35.5. The molecule has 1 aromatic heterocycles. The van der Waals surface area contributed by atoms with E-state index in [-0.39, 0.29) is 4.90 Å². The van der Waals surface area contributed by atoms with Crippen molar-refractivity contribution in [2.24, 2.45) is 0 Å². The molecule has 0 spiro atoms. The van der Waals surface area contributed by atoms with Gasteiger partial charge in [-0.15, -0.1) is 0 Å². The maximum Gasteiger partial charge on any atom is 0.297 e. The Kier molecular flexibility index (Phi) is 6.16. The maximum absolute atomic E-state index is 12.6. The normalized spacial score (nSPS) is 13.9. The van der Waals surface area contributed by atoms with Crippen LogP contribution in [0, 0.1) is 6.92 Å². The molecular weight excluding hydrogens is 434 g/mol. The second-order valence-corrected chi connectivity index (χ2v) is 9.39. The Morgan fingerprint density at radius 3 is 2.39 bits per heavy atom. The molecule has 31 heavy (non-hydrogen) atoms. The van der Waals surface area contributed by atoms with Crippen LogP contribution in [-0.2, 0) is 14.3 Å². The summed E-state index contributed by atoms with van der Waals surface area (Å²) >= 11 is 6.45. The highest BCUT2D eigenvalue weighted by molar-refractivity contribution is 7.86. The van der Waals surface area contributed by atoms with Gasteiger partial charge in [0.05, 0.1) is 17.5 Å². The molecule has 0 aliphatic heterocycles. The van der Waals surface area contributed by atoms with Crippen LogP contribution in [0.5, 0.6) is 0 Å². The molecule has 0 aliphatic carbocycles. The van der Waals surface area contributed by atoms with Crippen LogP contribution >= 0.6 is 11.6 Å².